The zero-order valence-electron chi connectivity index (χ0n) is 17.6. The van der Waals surface area contributed by atoms with E-state index in [2.05, 4.69) is 26.7 Å². The molecule has 0 aromatic heterocycles. The summed E-state index contributed by atoms with van der Waals surface area (Å²) in [7, 11) is 2.19. The van der Waals surface area contributed by atoms with Gasteiger partial charge in [0.25, 0.3) is 0 Å². The minimum atomic E-state index is -0.461. The van der Waals surface area contributed by atoms with Crippen molar-refractivity contribution in [3.63, 3.8) is 0 Å². The highest BCUT2D eigenvalue weighted by atomic mass is 16.6. The Bertz CT molecular complexity index is 497. The highest BCUT2D eigenvalue weighted by Crippen LogP contribution is 2.11. The minimum Gasteiger partial charge on any atom is -0.444 e. The molecule has 2 N–H and O–H groups in total. The van der Waals surface area contributed by atoms with Crippen LogP contribution in [-0.2, 0) is 4.74 Å². The summed E-state index contributed by atoms with van der Waals surface area (Å²) in [4.78, 5) is 25.4. The second-order valence-electron chi connectivity index (χ2n) is 8.55. The first kappa shape index (κ1) is 21.8. The third kappa shape index (κ3) is 7.92. The number of aliphatic imine (C=N–C) groups is 1. The van der Waals surface area contributed by atoms with E-state index in [1.54, 1.807) is 4.90 Å². The van der Waals surface area contributed by atoms with E-state index in [0.717, 1.165) is 32.6 Å². The van der Waals surface area contributed by atoms with Gasteiger partial charge in [0, 0.05) is 45.8 Å². The van der Waals surface area contributed by atoms with Crippen LogP contribution in [0.1, 0.15) is 33.6 Å². The van der Waals surface area contributed by atoms with Gasteiger partial charge in [0.15, 0.2) is 5.96 Å². The van der Waals surface area contributed by atoms with Crippen molar-refractivity contribution in [2.24, 2.45) is 10.7 Å². The molecule has 0 atom stereocenters. The number of hydrogen-bond acceptors (Lipinski definition) is 5. The Morgan fingerprint density at radius 1 is 1.00 bits per heavy atom. The van der Waals surface area contributed by atoms with Crippen molar-refractivity contribution in [3.05, 3.63) is 0 Å². The number of nitrogens with two attached hydrogens (primary N) is 1. The number of carbonyl (C=O) groups excluding carboxylic acids is 1. The van der Waals surface area contributed by atoms with Crippen LogP contribution in [0.5, 0.6) is 0 Å². The molecule has 2 fully saturated rings. The molecule has 0 aliphatic carbocycles. The number of amides is 1. The normalized spacial score (nSPS) is 21.3. The molecule has 2 rings (SSSR count). The number of carbonyl (C=O) groups is 1. The summed E-state index contributed by atoms with van der Waals surface area (Å²) in [6.45, 7) is 14.8. The van der Waals surface area contributed by atoms with E-state index in [4.69, 9.17) is 10.5 Å². The van der Waals surface area contributed by atoms with E-state index < -0.39 is 5.60 Å². The molecular formula is C19H38N6O2. The number of hydrogen-bond donors (Lipinski definition) is 1. The molecule has 0 radical (unpaired) electrons. The Morgan fingerprint density at radius 2 is 1.67 bits per heavy atom. The van der Waals surface area contributed by atoms with E-state index in [9.17, 15) is 4.79 Å². The maximum Gasteiger partial charge on any atom is 0.410 e. The fourth-order valence-electron chi connectivity index (χ4n) is 3.36. The van der Waals surface area contributed by atoms with Gasteiger partial charge in [-0.2, -0.15) is 0 Å². The van der Waals surface area contributed by atoms with E-state index in [1.807, 2.05) is 20.8 Å². The van der Waals surface area contributed by atoms with Gasteiger partial charge in [0.1, 0.15) is 5.60 Å². The van der Waals surface area contributed by atoms with Crippen LogP contribution in [0.2, 0.25) is 0 Å². The molecule has 8 nitrogen and oxygen atoms in total. The maximum absolute atomic E-state index is 12.1. The van der Waals surface area contributed by atoms with Gasteiger partial charge in [-0.25, -0.2) is 4.79 Å². The zero-order valence-corrected chi connectivity index (χ0v) is 17.6. The highest BCUT2D eigenvalue weighted by molar-refractivity contribution is 5.78. The molecule has 0 unspecified atom stereocenters. The second-order valence-corrected chi connectivity index (χ2v) is 8.55. The molecule has 27 heavy (non-hydrogen) atoms. The van der Waals surface area contributed by atoms with E-state index in [-0.39, 0.29) is 6.09 Å². The molecule has 0 saturated carbocycles. The Morgan fingerprint density at radius 3 is 2.33 bits per heavy atom. The minimum absolute atomic E-state index is 0.249. The largest absolute Gasteiger partial charge is 0.444 e. The van der Waals surface area contributed by atoms with E-state index >= 15 is 0 Å². The Balaban J connectivity index is 1.66. The standard InChI is InChI=1S/C19H38N6O2/c1-19(2,3)27-18(26)25-15-13-24(14-16-25)17(20)21-7-5-9-23-10-6-8-22(4)11-12-23/h5-16H2,1-4H3,(H2,20,21). The zero-order chi connectivity index (χ0) is 19.9. The van der Waals surface area contributed by atoms with Crippen molar-refractivity contribution in [2.75, 3.05) is 72.5 Å². The molecule has 0 aromatic rings. The third-order valence-electron chi connectivity index (χ3n) is 4.97. The fourth-order valence-corrected chi connectivity index (χ4v) is 3.36. The Kier molecular flexibility index (Phi) is 8.16. The van der Waals surface area contributed by atoms with Crippen LogP contribution < -0.4 is 5.73 Å². The topological polar surface area (TPSA) is 77.6 Å². The third-order valence-corrected chi connectivity index (χ3v) is 4.97. The molecule has 0 bridgehead atoms. The maximum atomic E-state index is 12.1. The van der Waals surface area contributed by atoms with Crippen LogP contribution in [0.3, 0.4) is 0 Å². The van der Waals surface area contributed by atoms with Gasteiger partial charge in [-0.15, -0.1) is 0 Å². The molecule has 0 spiro atoms. The van der Waals surface area contributed by atoms with Crippen LogP contribution in [0.25, 0.3) is 0 Å². The number of guanidine groups is 1. The average molecular weight is 383 g/mol. The second kappa shape index (κ2) is 10.1. The fraction of sp³-hybridized carbons (Fsp3) is 0.895. The molecular weight excluding hydrogens is 344 g/mol. The van der Waals surface area contributed by atoms with Crippen molar-refractivity contribution in [1.29, 1.82) is 0 Å². The summed E-state index contributed by atoms with van der Waals surface area (Å²) in [6, 6.07) is 0. The number of rotatable bonds is 4. The number of nitrogens with zero attached hydrogens (tertiary/aromatic N) is 5. The SMILES string of the molecule is CN1CCCN(CCCN=C(N)N2CCN(C(=O)OC(C)(C)C)CC2)CC1. The predicted octanol–water partition coefficient (Wildman–Crippen LogP) is 0.881. The molecule has 1 amide bonds. The van der Waals surface area contributed by atoms with Crippen molar-refractivity contribution < 1.29 is 9.53 Å². The lowest BCUT2D eigenvalue weighted by atomic mass is 10.2. The first-order valence-corrected chi connectivity index (χ1v) is 10.2. The monoisotopic (exact) mass is 382 g/mol. The molecule has 2 aliphatic rings. The number of ether oxygens (including phenoxy) is 1. The summed E-state index contributed by atoms with van der Waals surface area (Å²) in [6.07, 6.45) is 2.02. The lowest BCUT2D eigenvalue weighted by Crippen LogP contribution is -2.53. The van der Waals surface area contributed by atoms with E-state index in [0.29, 0.717) is 32.1 Å². The van der Waals surface area contributed by atoms with Gasteiger partial charge >= 0.3 is 6.09 Å². The average Bonchev–Trinajstić information content (AvgIpc) is 2.81. The van der Waals surface area contributed by atoms with Gasteiger partial charge in [-0.05, 0) is 60.3 Å². The van der Waals surface area contributed by atoms with Crippen molar-refractivity contribution >= 4 is 12.1 Å². The number of likely N-dealkylation sites (N-methyl/N-ethyl adjacent to an activating group) is 1. The lowest BCUT2D eigenvalue weighted by molar-refractivity contribution is 0.0186. The van der Waals surface area contributed by atoms with Crippen molar-refractivity contribution in [3.8, 4) is 0 Å². The Labute approximate surface area is 164 Å². The summed E-state index contributed by atoms with van der Waals surface area (Å²) < 4.78 is 5.42. The van der Waals surface area contributed by atoms with E-state index in [1.165, 1.54) is 19.5 Å². The molecule has 0 aromatic carbocycles. The molecule has 2 saturated heterocycles. The van der Waals surface area contributed by atoms with Crippen molar-refractivity contribution in [2.45, 2.75) is 39.2 Å². The van der Waals surface area contributed by atoms with Gasteiger partial charge in [-0.3, -0.25) is 4.99 Å². The van der Waals surface area contributed by atoms with Crippen LogP contribution in [0.15, 0.2) is 4.99 Å². The summed E-state index contributed by atoms with van der Waals surface area (Å²) >= 11 is 0. The van der Waals surface area contributed by atoms with Crippen LogP contribution >= 0.6 is 0 Å². The molecule has 8 heteroatoms. The quantitative estimate of drug-likeness (QED) is 0.442. The first-order valence-electron chi connectivity index (χ1n) is 10.2. The first-order chi connectivity index (χ1) is 12.7. The van der Waals surface area contributed by atoms with Gasteiger partial charge in [0.05, 0.1) is 0 Å². The summed E-state index contributed by atoms with van der Waals surface area (Å²) in [5.74, 6) is 0.592. The van der Waals surface area contributed by atoms with Crippen LogP contribution in [0, 0.1) is 0 Å². The van der Waals surface area contributed by atoms with Crippen LogP contribution in [0.4, 0.5) is 4.79 Å². The van der Waals surface area contributed by atoms with Crippen LogP contribution in [-0.4, -0.2) is 110 Å². The summed E-state index contributed by atoms with van der Waals surface area (Å²) in [5, 5.41) is 0. The number of piperazine rings is 1. The van der Waals surface area contributed by atoms with Gasteiger partial charge in [-0.1, -0.05) is 0 Å². The molecule has 2 heterocycles. The lowest BCUT2D eigenvalue weighted by Gasteiger charge is -2.36. The smallest absolute Gasteiger partial charge is 0.410 e. The van der Waals surface area contributed by atoms with Gasteiger partial charge < -0.3 is 30.1 Å². The van der Waals surface area contributed by atoms with Crippen molar-refractivity contribution in [1.82, 2.24) is 19.6 Å². The Hall–Kier alpha value is -1.54. The molecule has 2 aliphatic heterocycles. The predicted molar refractivity (Wildman–Crippen MR) is 109 cm³/mol. The summed E-state index contributed by atoms with van der Waals surface area (Å²) in [5.41, 5.74) is 5.69. The highest BCUT2D eigenvalue weighted by Gasteiger charge is 2.26. The molecule has 156 valence electrons. The van der Waals surface area contributed by atoms with Gasteiger partial charge in [0.2, 0.25) is 0 Å².